The van der Waals surface area contributed by atoms with Crippen LogP contribution in [-0.2, 0) is 4.74 Å². The van der Waals surface area contributed by atoms with Crippen molar-refractivity contribution in [2.45, 2.75) is 12.5 Å². The van der Waals surface area contributed by atoms with Gasteiger partial charge in [-0.3, -0.25) is 4.90 Å². The number of hydrogen-bond acceptors (Lipinski definition) is 2. The molecular weight excluding hydrogens is 217 g/mol. The highest BCUT2D eigenvalue weighted by Gasteiger charge is 2.26. The number of epoxide rings is 1. The van der Waals surface area contributed by atoms with E-state index in [9.17, 15) is 4.39 Å². The second kappa shape index (κ2) is 4.59. The van der Waals surface area contributed by atoms with Crippen molar-refractivity contribution in [3.63, 3.8) is 0 Å². The molecule has 0 N–H and O–H groups in total. The second-order valence-corrected chi connectivity index (χ2v) is 4.70. The lowest BCUT2D eigenvalue weighted by molar-refractivity contribution is 0.262. The summed E-state index contributed by atoms with van der Waals surface area (Å²) < 4.78 is 18.1. The SMILES string of the molecule is Fc1ccc(C2=CCN(CC3CO3)CC2)cc1. The van der Waals surface area contributed by atoms with Gasteiger partial charge in [0.25, 0.3) is 0 Å². The Morgan fingerprint density at radius 2 is 2.06 bits per heavy atom. The third-order valence-corrected chi connectivity index (χ3v) is 3.37. The molecule has 0 radical (unpaired) electrons. The molecule has 2 aliphatic heterocycles. The minimum Gasteiger partial charge on any atom is -0.372 e. The predicted octanol–water partition coefficient (Wildman–Crippen LogP) is 2.31. The van der Waals surface area contributed by atoms with Crippen LogP contribution in [0.15, 0.2) is 30.3 Å². The third kappa shape index (κ3) is 2.73. The summed E-state index contributed by atoms with van der Waals surface area (Å²) >= 11 is 0. The normalized spacial score (nSPS) is 24.5. The summed E-state index contributed by atoms with van der Waals surface area (Å²) in [5, 5.41) is 0. The Morgan fingerprint density at radius 3 is 2.65 bits per heavy atom. The van der Waals surface area contributed by atoms with Gasteiger partial charge in [0.1, 0.15) is 5.82 Å². The van der Waals surface area contributed by atoms with E-state index >= 15 is 0 Å². The molecule has 17 heavy (non-hydrogen) atoms. The Kier molecular flexibility index (Phi) is 2.95. The van der Waals surface area contributed by atoms with E-state index in [1.54, 1.807) is 0 Å². The summed E-state index contributed by atoms with van der Waals surface area (Å²) in [6.07, 6.45) is 3.76. The lowest BCUT2D eigenvalue weighted by Gasteiger charge is -2.25. The van der Waals surface area contributed by atoms with E-state index in [2.05, 4.69) is 11.0 Å². The first kappa shape index (κ1) is 10.9. The van der Waals surface area contributed by atoms with Gasteiger partial charge in [-0.15, -0.1) is 0 Å². The average Bonchev–Trinajstić information content (AvgIpc) is 3.15. The number of rotatable bonds is 3. The maximum Gasteiger partial charge on any atom is 0.123 e. The molecule has 1 aromatic carbocycles. The molecule has 0 bridgehead atoms. The first-order chi connectivity index (χ1) is 8.31. The fourth-order valence-electron chi connectivity index (χ4n) is 2.26. The van der Waals surface area contributed by atoms with E-state index in [1.807, 2.05) is 12.1 Å². The highest BCUT2D eigenvalue weighted by Crippen LogP contribution is 2.23. The number of nitrogens with zero attached hydrogens (tertiary/aromatic N) is 1. The molecule has 0 aliphatic carbocycles. The molecule has 0 saturated carbocycles. The van der Waals surface area contributed by atoms with E-state index in [0.29, 0.717) is 6.10 Å². The zero-order chi connectivity index (χ0) is 11.7. The third-order valence-electron chi connectivity index (χ3n) is 3.37. The van der Waals surface area contributed by atoms with Crippen LogP contribution in [0.5, 0.6) is 0 Å². The van der Waals surface area contributed by atoms with Crippen molar-refractivity contribution in [1.29, 1.82) is 0 Å². The van der Waals surface area contributed by atoms with E-state index in [-0.39, 0.29) is 5.82 Å². The van der Waals surface area contributed by atoms with Gasteiger partial charge in [0.2, 0.25) is 0 Å². The Balaban J connectivity index is 1.64. The molecule has 2 aliphatic rings. The van der Waals surface area contributed by atoms with Crippen molar-refractivity contribution in [3.05, 3.63) is 41.7 Å². The first-order valence-corrected chi connectivity index (χ1v) is 6.10. The fraction of sp³-hybridized carbons (Fsp3) is 0.429. The molecule has 0 aromatic heterocycles. The number of benzene rings is 1. The Hall–Kier alpha value is -1.19. The Labute approximate surface area is 101 Å². The predicted molar refractivity (Wildman–Crippen MR) is 65.2 cm³/mol. The Morgan fingerprint density at radius 1 is 1.29 bits per heavy atom. The van der Waals surface area contributed by atoms with Crippen LogP contribution in [0, 0.1) is 5.82 Å². The number of halogens is 1. The van der Waals surface area contributed by atoms with Gasteiger partial charge in [-0.05, 0) is 29.7 Å². The van der Waals surface area contributed by atoms with Crippen LogP contribution in [0.1, 0.15) is 12.0 Å². The van der Waals surface area contributed by atoms with Crippen molar-refractivity contribution < 1.29 is 9.13 Å². The van der Waals surface area contributed by atoms with Crippen LogP contribution in [0.2, 0.25) is 0 Å². The van der Waals surface area contributed by atoms with Gasteiger partial charge in [0, 0.05) is 19.6 Å². The molecular formula is C14H16FNO. The molecule has 2 heterocycles. The van der Waals surface area contributed by atoms with E-state index in [4.69, 9.17) is 4.74 Å². The van der Waals surface area contributed by atoms with Gasteiger partial charge in [-0.25, -0.2) is 4.39 Å². The first-order valence-electron chi connectivity index (χ1n) is 6.10. The molecule has 2 nitrogen and oxygen atoms in total. The summed E-state index contributed by atoms with van der Waals surface area (Å²) in [5.41, 5.74) is 2.48. The van der Waals surface area contributed by atoms with E-state index in [0.717, 1.165) is 38.2 Å². The highest BCUT2D eigenvalue weighted by molar-refractivity contribution is 5.66. The van der Waals surface area contributed by atoms with Gasteiger partial charge < -0.3 is 4.74 Å². The summed E-state index contributed by atoms with van der Waals surface area (Å²) in [6.45, 7) is 4.02. The molecule has 1 fully saturated rings. The fourth-order valence-corrected chi connectivity index (χ4v) is 2.26. The standard InChI is InChI=1S/C14H16FNO/c15-13-3-1-11(2-4-13)12-5-7-16(8-6-12)9-14-10-17-14/h1-5,14H,6-10H2. The molecule has 0 amide bonds. The van der Waals surface area contributed by atoms with Crippen LogP contribution in [0.25, 0.3) is 5.57 Å². The maximum absolute atomic E-state index is 12.8. The largest absolute Gasteiger partial charge is 0.372 e. The van der Waals surface area contributed by atoms with Crippen molar-refractivity contribution in [2.24, 2.45) is 0 Å². The molecule has 90 valence electrons. The monoisotopic (exact) mass is 233 g/mol. The van der Waals surface area contributed by atoms with Gasteiger partial charge >= 0.3 is 0 Å². The van der Waals surface area contributed by atoms with Crippen LogP contribution in [-0.4, -0.2) is 37.2 Å². The molecule has 3 heteroatoms. The van der Waals surface area contributed by atoms with Crippen molar-refractivity contribution >= 4 is 5.57 Å². The molecule has 1 saturated heterocycles. The minimum atomic E-state index is -0.169. The molecule has 3 rings (SSSR count). The van der Waals surface area contributed by atoms with Crippen molar-refractivity contribution in [2.75, 3.05) is 26.2 Å². The minimum absolute atomic E-state index is 0.169. The van der Waals surface area contributed by atoms with Gasteiger partial charge in [-0.2, -0.15) is 0 Å². The van der Waals surface area contributed by atoms with Gasteiger partial charge in [-0.1, -0.05) is 18.2 Å². The zero-order valence-corrected chi connectivity index (χ0v) is 9.73. The molecule has 0 spiro atoms. The van der Waals surface area contributed by atoms with Gasteiger partial charge in [0.15, 0.2) is 0 Å². The van der Waals surface area contributed by atoms with Gasteiger partial charge in [0.05, 0.1) is 12.7 Å². The van der Waals surface area contributed by atoms with Crippen molar-refractivity contribution in [1.82, 2.24) is 4.90 Å². The molecule has 1 unspecified atom stereocenters. The summed E-state index contributed by atoms with van der Waals surface area (Å²) in [4.78, 5) is 2.41. The summed E-state index contributed by atoms with van der Waals surface area (Å²) in [6, 6.07) is 6.78. The lowest BCUT2D eigenvalue weighted by Crippen LogP contribution is -2.31. The zero-order valence-electron chi connectivity index (χ0n) is 9.73. The van der Waals surface area contributed by atoms with Crippen LogP contribution in [0.3, 0.4) is 0 Å². The quantitative estimate of drug-likeness (QED) is 0.745. The average molecular weight is 233 g/mol. The Bertz CT molecular complexity index is 422. The van der Waals surface area contributed by atoms with Crippen LogP contribution >= 0.6 is 0 Å². The summed E-state index contributed by atoms with van der Waals surface area (Å²) in [5.74, 6) is -0.169. The van der Waals surface area contributed by atoms with E-state index in [1.165, 1.54) is 17.7 Å². The highest BCUT2D eigenvalue weighted by atomic mass is 19.1. The lowest BCUT2D eigenvalue weighted by atomic mass is 9.99. The molecule has 1 atom stereocenters. The maximum atomic E-state index is 12.8. The van der Waals surface area contributed by atoms with Crippen LogP contribution in [0.4, 0.5) is 4.39 Å². The summed E-state index contributed by atoms with van der Waals surface area (Å²) in [7, 11) is 0. The topological polar surface area (TPSA) is 15.8 Å². The van der Waals surface area contributed by atoms with E-state index < -0.39 is 0 Å². The van der Waals surface area contributed by atoms with Crippen molar-refractivity contribution in [3.8, 4) is 0 Å². The molecule has 1 aromatic rings. The van der Waals surface area contributed by atoms with Crippen LogP contribution < -0.4 is 0 Å². The smallest absolute Gasteiger partial charge is 0.123 e. The number of hydrogen-bond donors (Lipinski definition) is 0. The second-order valence-electron chi connectivity index (χ2n) is 4.70. The number of ether oxygens (including phenoxy) is 1.